The number of nitrogens with one attached hydrogen (secondary N) is 2. The predicted molar refractivity (Wildman–Crippen MR) is 130 cm³/mol. The second kappa shape index (κ2) is 10.1. The van der Waals surface area contributed by atoms with Crippen molar-refractivity contribution in [3.05, 3.63) is 83.6 Å². The lowest BCUT2D eigenvalue weighted by atomic mass is 10.0. The van der Waals surface area contributed by atoms with Crippen LogP contribution in [0.1, 0.15) is 41.3 Å². The van der Waals surface area contributed by atoms with Crippen molar-refractivity contribution in [3.8, 4) is 11.4 Å². The van der Waals surface area contributed by atoms with E-state index in [0.717, 1.165) is 34.3 Å². The van der Waals surface area contributed by atoms with Gasteiger partial charge < -0.3 is 15.0 Å². The lowest BCUT2D eigenvalue weighted by Gasteiger charge is -2.10. The Morgan fingerprint density at radius 1 is 1.06 bits per heavy atom. The third kappa shape index (κ3) is 5.12. The van der Waals surface area contributed by atoms with Crippen molar-refractivity contribution < 1.29 is 14.3 Å². The second-order valence-corrected chi connectivity index (χ2v) is 7.91. The topological polar surface area (TPSA) is 84.1 Å². The number of anilines is 1. The maximum Gasteiger partial charge on any atom is 0.340 e. The highest BCUT2D eigenvalue weighted by Crippen LogP contribution is 2.31. The first kappa shape index (κ1) is 22.3. The highest BCUT2D eigenvalue weighted by molar-refractivity contribution is 6.01. The van der Waals surface area contributed by atoms with Crippen LogP contribution in [0.3, 0.4) is 0 Å². The molecule has 0 spiro atoms. The number of hydrogen-bond donors (Lipinski definition) is 2. The maximum atomic E-state index is 12.7. The van der Waals surface area contributed by atoms with E-state index in [1.54, 1.807) is 37.4 Å². The van der Waals surface area contributed by atoms with E-state index in [1.807, 2.05) is 18.2 Å². The number of carbonyl (C=O) groups excluding carboxylic acids is 2. The van der Waals surface area contributed by atoms with Crippen LogP contribution < -0.4 is 5.32 Å². The lowest BCUT2D eigenvalue weighted by molar-refractivity contribution is -0.116. The van der Waals surface area contributed by atoms with Crippen molar-refractivity contribution in [3.63, 3.8) is 0 Å². The molecule has 2 heterocycles. The SMILES string of the molecule is CCOC(=O)c1ccccc1NC(=O)CCCc1c(-c2ccccn2)[nH]c2ccc(C)cc12. The number of rotatable bonds is 8. The molecule has 0 unspecified atom stereocenters. The van der Waals surface area contributed by atoms with Crippen molar-refractivity contribution >= 4 is 28.5 Å². The molecule has 0 saturated heterocycles. The Bertz CT molecular complexity index is 1280. The number of ether oxygens (including phenoxy) is 1. The average molecular weight is 442 g/mol. The van der Waals surface area contributed by atoms with E-state index in [-0.39, 0.29) is 12.5 Å². The van der Waals surface area contributed by atoms with Crippen molar-refractivity contribution in [1.29, 1.82) is 0 Å². The minimum Gasteiger partial charge on any atom is -0.462 e. The number of para-hydroxylation sites is 1. The van der Waals surface area contributed by atoms with Crippen LogP contribution in [-0.2, 0) is 16.0 Å². The molecule has 0 aliphatic rings. The number of aromatic nitrogens is 2. The molecule has 0 radical (unpaired) electrons. The fraction of sp³-hybridized carbons (Fsp3) is 0.222. The Morgan fingerprint density at radius 2 is 1.88 bits per heavy atom. The van der Waals surface area contributed by atoms with Crippen LogP contribution in [0.2, 0.25) is 0 Å². The fourth-order valence-electron chi connectivity index (χ4n) is 3.97. The van der Waals surface area contributed by atoms with Gasteiger partial charge in [0.2, 0.25) is 5.91 Å². The fourth-order valence-corrected chi connectivity index (χ4v) is 3.97. The highest BCUT2D eigenvalue weighted by Gasteiger charge is 2.16. The summed E-state index contributed by atoms with van der Waals surface area (Å²) in [6, 6.07) is 19.1. The average Bonchev–Trinajstić information content (AvgIpc) is 3.18. The number of esters is 1. The van der Waals surface area contributed by atoms with Crippen LogP contribution in [0.4, 0.5) is 5.69 Å². The Labute approximate surface area is 193 Å². The van der Waals surface area contributed by atoms with E-state index >= 15 is 0 Å². The summed E-state index contributed by atoms with van der Waals surface area (Å²) in [4.78, 5) is 32.8. The third-order valence-electron chi connectivity index (χ3n) is 5.51. The van der Waals surface area contributed by atoms with Gasteiger partial charge in [0, 0.05) is 23.5 Å². The van der Waals surface area contributed by atoms with Gasteiger partial charge in [-0.3, -0.25) is 9.78 Å². The van der Waals surface area contributed by atoms with E-state index in [4.69, 9.17) is 4.74 Å². The Kier molecular flexibility index (Phi) is 6.83. The van der Waals surface area contributed by atoms with Crippen LogP contribution in [0.25, 0.3) is 22.3 Å². The first-order valence-electron chi connectivity index (χ1n) is 11.2. The summed E-state index contributed by atoms with van der Waals surface area (Å²) in [6.45, 7) is 4.11. The predicted octanol–water partition coefficient (Wildman–Crippen LogP) is 5.68. The number of amides is 1. The molecule has 0 saturated carbocycles. The summed E-state index contributed by atoms with van der Waals surface area (Å²) in [6.07, 6.45) is 3.50. The molecule has 33 heavy (non-hydrogen) atoms. The zero-order valence-corrected chi connectivity index (χ0v) is 18.9. The van der Waals surface area contributed by atoms with Gasteiger partial charge >= 0.3 is 5.97 Å². The first-order chi connectivity index (χ1) is 16.1. The van der Waals surface area contributed by atoms with Gasteiger partial charge in [0.25, 0.3) is 0 Å². The number of hydrogen-bond acceptors (Lipinski definition) is 4. The molecule has 0 bridgehead atoms. The van der Waals surface area contributed by atoms with Gasteiger partial charge in [-0.25, -0.2) is 4.79 Å². The molecule has 2 N–H and O–H groups in total. The van der Waals surface area contributed by atoms with E-state index < -0.39 is 5.97 Å². The van der Waals surface area contributed by atoms with Gasteiger partial charge in [0.15, 0.2) is 0 Å². The van der Waals surface area contributed by atoms with Crippen molar-refractivity contribution in [1.82, 2.24) is 9.97 Å². The number of fused-ring (bicyclic) bond motifs is 1. The Hall–Kier alpha value is -3.93. The number of aromatic amines is 1. The summed E-state index contributed by atoms with van der Waals surface area (Å²) in [5, 5.41) is 4.02. The summed E-state index contributed by atoms with van der Waals surface area (Å²) in [5.74, 6) is -0.579. The Morgan fingerprint density at radius 3 is 2.67 bits per heavy atom. The van der Waals surface area contributed by atoms with Crippen molar-refractivity contribution in [2.75, 3.05) is 11.9 Å². The van der Waals surface area contributed by atoms with Gasteiger partial charge in [0.1, 0.15) is 0 Å². The van der Waals surface area contributed by atoms with Gasteiger partial charge in [0.05, 0.1) is 29.2 Å². The quantitative estimate of drug-likeness (QED) is 0.345. The minimum absolute atomic E-state index is 0.137. The summed E-state index contributed by atoms with van der Waals surface area (Å²) in [5.41, 5.74) is 6.10. The van der Waals surface area contributed by atoms with E-state index in [0.29, 0.717) is 24.1 Å². The number of benzene rings is 2. The van der Waals surface area contributed by atoms with E-state index in [9.17, 15) is 9.59 Å². The molecule has 6 heteroatoms. The summed E-state index contributed by atoms with van der Waals surface area (Å²) >= 11 is 0. The lowest BCUT2D eigenvalue weighted by Crippen LogP contribution is -2.15. The normalized spacial score (nSPS) is 10.8. The molecule has 0 atom stereocenters. The van der Waals surface area contributed by atoms with Crippen LogP contribution in [0.15, 0.2) is 66.9 Å². The van der Waals surface area contributed by atoms with Crippen LogP contribution in [0.5, 0.6) is 0 Å². The van der Waals surface area contributed by atoms with Crippen LogP contribution in [-0.4, -0.2) is 28.5 Å². The van der Waals surface area contributed by atoms with Crippen LogP contribution >= 0.6 is 0 Å². The highest BCUT2D eigenvalue weighted by atomic mass is 16.5. The van der Waals surface area contributed by atoms with Gasteiger partial charge in [-0.1, -0.05) is 29.8 Å². The smallest absolute Gasteiger partial charge is 0.340 e. The number of pyridine rings is 1. The van der Waals surface area contributed by atoms with Crippen molar-refractivity contribution in [2.24, 2.45) is 0 Å². The molecule has 0 aliphatic heterocycles. The first-order valence-corrected chi connectivity index (χ1v) is 11.2. The summed E-state index contributed by atoms with van der Waals surface area (Å²) in [7, 11) is 0. The van der Waals surface area contributed by atoms with E-state index in [2.05, 4.69) is 40.4 Å². The number of aryl methyl sites for hydroxylation is 2. The monoisotopic (exact) mass is 441 g/mol. The molecule has 0 fully saturated rings. The third-order valence-corrected chi connectivity index (χ3v) is 5.51. The van der Waals surface area contributed by atoms with Crippen LogP contribution in [0, 0.1) is 6.92 Å². The van der Waals surface area contributed by atoms with Gasteiger partial charge in [-0.15, -0.1) is 0 Å². The number of H-pyrrole nitrogens is 1. The number of nitrogens with zero attached hydrogens (tertiary/aromatic N) is 1. The summed E-state index contributed by atoms with van der Waals surface area (Å²) < 4.78 is 5.09. The molecule has 1 amide bonds. The minimum atomic E-state index is -0.442. The Balaban J connectivity index is 1.49. The maximum absolute atomic E-state index is 12.7. The standard InChI is InChI=1S/C27H27N3O3/c1-3-33-27(32)20-9-4-5-11-22(20)29-25(31)13-8-10-19-21-17-18(2)14-15-23(21)30-26(19)24-12-6-7-16-28-24/h4-7,9,11-12,14-17,30H,3,8,10,13H2,1-2H3,(H,29,31). The van der Waals surface area contributed by atoms with Gasteiger partial charge in [-0.2, -0.15) is 0 Å². The molecule has 4 aromatic rings. The van der Waals surface area contributed by atoms with E-state index in [1.165, 1.54) is 5.56 Å². The zero-order valence-electron chi connectivity index (χ0n) is 18.9. The molecule has 4 rings (SSSR count). The van der Waals surface area contributed by atoms with Crippen molar-refractivity contribution in [2.45, 2.75) is 33.1 Å². The second-order valence-electron chi connectivity index (χ2n) is 7.91. The number of carbonyl (C=O) groups is 2. The molecular formula is C27H27N3O3. The molecular weight excluding hydrogens is 414 g/mol. The molecule has 2 aromatic heterocycles. The zero-order chi connectivity index (χ0) is 23.2. The molecule has 168 valence electrons. The largest absolute Gasteiger partial charge is 0.462 e. The molecule has 2 aromatic carbocycles. The molecule has 6 nitrogen and oxygen atoms in total. The molecule has 0 aliphatic carbocycles. The van der Waals surface area contributed by atoms with Gasteiger partial charge in [-0.05, 0) is 68.7 Å².